The lowest BCUT2D eigenvalue weighted by atomic mass is 10.0. The second-order valence-electron chi connectivity index (χ2n) is 4.41. The number of aliphatic hydroxyl groups excluding tert-OH is 1. The summed E-state index contributed by atoms with van der Waals surface area (Å²) in [7, 11) is 0. The van der Waals surface area contributed by atoms with Crippen LogP contribution in [-0.4, -0.2) is 10.1 Å². The molecule has 0 aliphatic rings. The Morgan fingerprint density at radius 1 is 1.10 bits per heavy atom. The molecule has 1 atom stereocenters. The molecule has 0 spiro atoms. The number of hydrogen-bond donors (Lipinski definition) is 1. The highest BCUT2D eigenvalue weighted by atomic mass is 19.4. The van der Waals surface area contributed by atoms with E-state index < -0.39 is 23.7 Å². The number of nitrogens with zero attached hydrogens (tertiary/aromatic N) is 1. The average molecular weight is 285 g/mol. The Morgan fingerprint density at radius 2 is 1.80 bits per heavy atom. The third-order valence-electron chi connectivity index (χ3n) is 2.81. The second-order valence-corrected chi connectivity index (χ2v) is 4.41. The zero-order valence-corrected chi connectivity index (χ0v) is 10.4. The summed E-state index contributed by atoms with van der Waals surface area (Å²) in [6.45, 7) is 1.74. The summed E-state index contributed by atoms with van der Waals surface area (Å²) in [5.74, 6) is -1.05. The predicted molar refractivity (Wildman–Crippen MR) is 64.4 cm³/mol. The van der Waals surface area contributed by atoms with Gasteiger partial charge in [-0.05, 0) is 36.8 Å². The molecule has 1 aromatic heterocycles. The van der Waals surface area contributed by atoms with Crippen LogP contribution in [0.15, 0.2) is 36.5 Å². The molecule has 2 aromatic rings. The molecule has 6 heteroatoms. The monoisotopic (exact) mass is 285 g/mol. The Hall–Kier alpha value is -1.95. The van der Waals surface area contributed by atoms with Crippen LogP contribution in [0.3, 0.4) is 0 Å². The topological polar surface area (TPSA) is 33.1 Å². The van der Waals surface area contributed by atoms with E-state index in [9.17, 15) is 22.7 Å². The van der Waals surface area contributed by atoms with Crippen molar-refractivity contribution in [1.82, 2.24) is 4.98 Å². The normalized spacial score (nSPS) is 13.3. The number of benzene rings is 1. The molecule has 0 bridgehead atoms. The lowest BCUT2D eigenvalue weighted by molar-refractivity contribution is -0.137. The van der Waals surface area contributed by atoms with Gasteiger partial charge in [-0.3, -0.25) is 4.98 Å². The summed E-state index contributed by atoms with van der Waals surface area (Å²) in [5, 5.41) is 10.0. The fourth-order valence-electron chi connectivity index (χ4n) is 1.77. The van der Waals surface area contributed by atoms with Gasteiger partial charge in [-0.15, -0.1) is 0 Å². The maximum atomic E-state index is 13.3. The highest BCUT2D eigenvalue weighted by Gasteiger charge is 2.32. The first-order valence-electron chi connectivity index (χ1n) is 5.75. The molecule has 0 aliphatic heterocycles. The van der Waals surface area contributed by atoms with Crippen LogP contribution in [-0.2, 0) is 6.18 Å². The van der Waals surface area contributed by atoms with Gasteiger partial charge in [0.2, 0.25) is 0 Å². The summed E-state index contributed by atoms with van der Waals surface area (Å²) < 4.78 is 51.1. The fourth-order valence-corrected chi connectivity index (χ4v) is 1.77. The maximum absolute atomic E-state index is 13.3. The summed E-state index contributed by atoms with van der Waals surface area (Å²) in [5.41, 5.74) is -0.292. The van der Waals surface area contributed by atoms with Gasteiger partial charge in [0.05, 0.1) is 5.56 Å². The van der Waals surface area contributed by atoms with Crippen molar-refractivity contribution in [2.24, 2.45) is 0 Å². The zero-order chi connectivity index (χ0) is 14.9. The van der Waals surface area contributed by atoms with Crippen LogP contribution in [0.4, 0.5) is 17.6 Å². The molecular weight excluding hydrogens is 274 g/mol. The summed E-state index contributed by atoms with van der Waals surface area (Å²) in [6, 6.07) is 5.14. The first kappa shape index (κ1) is 14.5. The van der Waals surface area contributed by atoms with Gasteiger partial charge in [0, 0.05) is 17.5 Å². The van der Waals surface area contributed by atoms with Crippen LogP contribution in [0.1, 0.15) is 28.5 Å². The molecule has 2 nitrogen and oxygen atoms in total. The molecule has 1 unspecified atom stereocenters. The van der Waals surface area contributed by atoms with E-state index in [1.54, 1.807) is 13.0 Å². The highest BCUT2D eigenvalue weighted by Crippen LogP contribution is 2.32. The first-order valence-corrected chi connectivity index (χ1v) is 5.75. The fraction of sp³-hybridized carbons (Fsp3) is 0.214. The van der Waals surface area contributed by atoms with Crippen molar-refractivity contribution in [1.29, 1.82) is 0 Å². The number of halogens is 4. The molecule has 1 aromatic carbocycles. The lowest BCUT2D eigenvalue weighted by Crippen LogP contribution is -2.09. The minimum absolute atomic E-state index is 0.164. The molecule has 0 radical (unpaired) electrons. The van der Waals surface area contributed by atoms with Crippen molar-refractivity contribution < 1.29 is 22.7 Å². The zero-order valence-electron chi connectivity index (χ0n) is 10.4. The largest absolute Gasteiger partial charge is 0.416 e. The number of pyridine rings is 1. The molecule has 0 aliphatic carbocycles. The minimum Gasteiger partial charge on any atom is -0.384 e. The third kappa shape index (κ3) is 3.14. The van der Waals surface area contributed by atoms with Crippen molar-refractivity contribution in [3.05, 3.63) is 64.7 Å². The van der Waals surface area contributed by atoms with E-state index in [1.807, 2.05) is 0 Å². The number of aliphatic hydroxyl groups is 1. The van der Waals surface area contributed by atoms with E-state index >= 15 is 0 Å². The Balaban J connectivity index is 2.42. The van der Waals surface area contributed by atoms with Crippen molar-refractivity contribution >= 4 is 0 Å². The summed E-state index contributed by atoms with van der Waals surface area (Å²) in [4.78, 5) is 3.94. The van der Waals surface area contributed by atoms with Gasteiger partial charge in [-0.25, -0.2) is 4.39 Å². The van der Waals surface area contributed by atoms with Gasteiger partial charge in [-0.1, -0.05) is 6.07 Å². The summed E-state index contributed by atoms with van der Waals surface area (Å²) >= 11 is 0. The van der Waals surface area contributed by atoms with Crippen LogP contribution >= 0.6 is 0 Å². The van der Waals surface area contributed by atoms with Gasteiger partial charge >= 0.3 is 6.18 Å². The molecule has 1 N–H and O–H groups in total. The SMILES string of the molecule is Cc1ccc(C(O)c2cc(F)cc(C(F)(F)F)c2)cn1. The Labute approximate surface area is 112 Å². The number of aromatic nitrogens is 1. The molecule has 106 valence electrons. The molecule has 0 amide bonds. The van der Waals surface area contributed by atoms with Gasteiger partial charge < -0.3 is 5.11 Å². The van der Waals surface area contributed by atoms with Crippen molar-refractivity contribution in [2.45, 2.75) is 19.2 Å². The number of alkyl halides is 3. The van der Waals surface area contributed by atoms with E-state index in [2.05, 4.69) is 4.98 Å². The van der Waals surface area contributed by atoms with Crippen LogP contribution in [0, 0.1) is 12.7 Å². The quantitative estimate of drug-likeness (QED) is 0.855. The number of aryl methyl sites for hydroxylation is 1. The van der Waals surface area contributed by atoms with E-state index in [4.69, 9.17) is 0 Å². The molecule has 20 heavy (non-hydrogen) atoms. The Kier molecular flexibility index (Phi) is 3.76. The first-order chi connectivity index (χ1) is 9.27. The van der Waals surface area contributed by atoms with Crippen molar-refractivity contribution in [3.8, 4) is 0 Å². The number of rotatable bonds is 2. The van der Waals surface area contributed by atoms with E-state index in [0.717, 1.165) is 12.1 Å². The van der Waals surface area contributed by atoms with Crippen LogP contribution in [0.2, 0.25) is 0 Å². The Bertz CT molecular complexity index is 608. The van der Waals surface area contributed by atoms with Gasteiger partial charge in [0.25, 0.3) is 0 Å². The van der Waals surface area contributed by atoms with Crippen LogP contribution in [0.25, 0.3) is 0 Å². The molecule has 1 heterocycles. The van der Waals surface area contributed by atoms with E-state index in [0.29, 0.717) is 17.3 Å². The van der Waals surface area contributed by atoms with Crippen molar-refractivity contribution in [3.63, 3.8) is 0 Å². The highest BCUT2D eigenvalue weighted by molar-refractivity contribution is 5.33. The van der Waals surface area contributed by atoms with E-state index in [-0.39, 0.29) is 5.56 Å². The maximum Gasteiger partial charge on any atom is 0.416 e. The average Bonchev–Trinajstić information content (AvgIpc) is 2.37. The molecule has 0 saturated carbocycles. The smallest absolute Gasteiger partial charge is 0.384 e. The molecule has 0 fully saturated rings. The van der Waals surface area contributed by atoms with Crippen LogP contribution < -0.4 is 0 Å². The standard InChI is InChI=1S/C14H11F4NO/c1-8-2-3-9(7-19-8)13(20)10-4-11(14(16,17)18)6-12(15)5-10/h2-7,13,20H,1H3. The van der Waals surface area contributed by atoms with Gasteiger partial charge in [0.15, 0.2) is 0 Å². The van der Waals surface area contributed by atoms with Gasteiger partial charge in [0.1, 0.15) is 11.9 Å². The van der Waals surface area contributed by atoms with E-state index in [1.165, 1.54) is 12.3 Å². The Morgan fingerprint density at radius 3 is 2.35 bits per heavy atom. The summed E-state index contributed by atoms with van der Waals surface area (Å²) in [6.07, 6.45) is -4.68. The molecule has 2 rings (SSSR count). The third-order valence-corrected chi connectivity index (χ3v) is 2.81. The predicted octanol–water partition coefficient (Wildman–Crippen LogP) is 3.63. The number of hydrogen-bond acceptors (Lipinski definition) is 2. The minimum atomic E-state index is -4.66. The van der Waals surface area contributed by atoms with Crippen molar-refractivity contribution in [2.75, 3.05) is 0 Å². The van der Waals surface area contributed by atoms with Gasteiger partial charge in [-0.2, -0.15) is 13.2 Å². The van der Waals surface area contributed by atoms with Crippen LogP contribution in [0.5, 0.6) is 0 Å². The molecule has 0 saturated heterocycles. The second kappa shape index (κ2) is 5.20. The molecular formula is C14H11F4NO. The lowest BCUT2D eigenvalue weighted by Gasteiger charge is -2.14.